The van der Waals surface area contributed by atoms with Gasteiger partial charge in [0.1, 0.15) is 5.60 Å². The summed E-state index contributed by atoms with van der Waals surface area (Å²) in [5.41, 5.74) is 1.02. The molecule has 0 unspecified atom stereocenters. The van der Waals surface area contributed by atoms with Crippen LogP contribution in [0.4, 0.5) is 0 Å². The van der Waals surface area contributed by atoms with Crippen LogP contribution in [0.1, 0.15) is 53.4 Å². The van der Waals surface area contributed by atoms with Gasteiger partial charge in [-0.1, -0.05) is 38.8 Å². The summed E-state index contributed by atoms with van der Waals surface area (Å²) in [7, 11) is 1.95. The lowest BCUT2D eigenvalue weighted by molar-refractivity contribution is -0.306. The Hall–Kier alpha value is -0.380. The first-order valence-corrected chi connectivity index (χ1v) is 7.51. The number of hydrogen-bond acceptors (Lipinski definition) is 2. The van der Waals surface area contributed by atoms with E-state index in [-0.39, 0.29) is 5.54 Å². The minimum atomic E-state index is -0.509. The molecule has 0 aromatic rings. The van der Waals surface area contributed by atoms with Crippen molar-refractivity contribution >= 4 is 0 Å². The molecule has 0 heterocycles. The average Bonchev–Trinajstić information content (AvgIpc) is 2.38. The summed E-state index contributed by atoms with van der Waals surface area (Å²) in [6.07, 6.45) is 6.47. The first-order valence-electron chi connectivity index (χ1n) is 7.51. The second kappa shape index (κ2) is 5.19. The lowest BCUT2D eigenvalue weighted by atomic mass is 9.59. The van der Waals surface area contributed by atoms with Crippen LogP contribution in [0.3, 0.4) is 0 Å². The van der Waals surface area contributed by atoms with Crippen LogP contribution >= 0.6 is 0 Å². The summed E-state index contributed by atoms with van der Waals surface area (Å²) in [4.78, 5) is 4.75. The van der Waals surface area contributed by atoms with Crippen molar-refractivity contribution in [1.82, 2.24) is 0 Å². The molecule has 0 radical (unpaired) electrons. The smallest absolute Gasteiger partial charge is 0.119 e. The Balaban J connectivity index is 2.39. The SMILES string of the molecule is C[N-][C@]1(C)CC[C@H](C(C)C)C2=C[C@](C)(OO)CC[C@@H]21. The summed E-state index contributed by atoms with van der Waals surface area (Å²) >= 11 is 0. The normalized spacial score (nSPS) is 43.0. The molecule has 1 N–H and O–H groups in total. The van der Waals surface area contributed by atoms with E-state index in [0.717, 1.165) is 12.8 Å². The van der Waals surface area contributed by atoms with Crippen molar-refractivity contribution in [2.75, 3.05) is 7.05 Å². The van der Waals surface area contributed by atoms with E-state index in [9.17, 15) is 5.26 Å². The number of fused-ring (bicyclic) bond motifs is 1. The largest absolute Gasteiger partial charge is 0.659 e. The lowest BCUT2D eigenvalue weighted by Crippen LogP contribution is -2.46. The lowest BCUT2D eigenvalue weighted by Gasteiger charge is -2.57. The highest BCUT2D eigenvalue weighted by molar-refractivity contribution is 5.30. The second-order valence-electron chi connectivity index (χ2n) is 7.11. The molecule has 2 aliphatic rings. The summed E-state index contributed by atoms with van der Waals surface area (Å²) in [5, 5.41) is 13.9. The van der Waals surface area contributed by atoms with Crippen molar-refractivity contribution in [2.24, 2.45) is 17.8 Å². The van der Waals surface area contributed by atoms with Gasteiger partial charge < -0.3 is 5.32 Å². The predicted molar refractivity (Wildman–Crippen MR) is 78.2 cm³/mol. The fraction of sp³-hybridized carbons (Fsp3) is 0.875. The van der Waals surface area contributed by atoms with Crippen molar-refractivity contribution in [3.8, 4) is 0 Å². The third kappa shape index (κ3) is 2.61. The Bertz CT molecular complexity index is 366. The highest BCUT2D eigenvalue weighted by atomic mass is 17.1. The maximum absolute atomic E-state index is 9.18. The molecule has 110 valence electrons. The van der Waals surface area contributed by atoms with E-state index in [1.807, 2.05) is 14.0 Å². The molecule has 19 heavy (non-hydrogen) atoms. The quantitative estimate of drug-likeness (QED) is 0.467. The van der Waals surface area contributed by atoms with Crippen LogP contribution in [0, 0.1) is 17.8 Å². The predicted octanol–water partition coefficient (Wildman–Crippen LogP) is 4.40. The summed E-state index contributed by atoms with van der Waals surface area (Å²) < 4.78 is 0. The minimum absolute atomic E-state index is 0.0635. The van der Waals surface area contributed by atoms with Crippen molar-refractivity contribution in [3.63, 3.8) is 0 Å². The van der Waals surface area contributed by atoms with Gasteiger partial charge >= 0.3 is 0 Å². The number of rotatable bonds is 3. The van der Waals surface area contributed by atoms with Crippen LogP contribution in [0.5, 0.6) is 0 Å². The molecule has 0 aromatic heterocycles. The molecule has 2 aliphatic carbocycles. The molecule has 0 saturated heterocycles. The summed E-state index contributed by atoms with van der Waals surface area (Å²) in [6.45, 7) is 8.84. The molecule has 0 aliphatic heterocycles. The topological polar surface area (TPSA) is 43.6 Å². The maximum Gasteiger partial charge on any atom is 0.119 e. The van der Waals surface area contributed by atoms with Gasteiger partial charge in [0.15, 0.2) is 0 Å². The van der Waals surface area contributed by atoms with Crippen LogP contribution in [-0.2, 0) is 4.89 Å². The first-order chi connectivity index (χ1) is 8.85. The number of nitrogens with zero attached hydrogens (tertiary/aromatic N) is 1. The van der Waals surface area contributed by atoms with Crippen molar-refractivity contribution in [2.45, 2.75) is 64.5 Å². The van der Waals surface area contributed by atoms with E-state index in [1.165, 1.54) is 18.4 Å². The van der Waals surface area contributed by atoms with Gasteiger partial charge in [0, 0.05) is 0 Å². The van der Waals surface area contributed by atoms with Crippen LogP contribution in [-0.4, -0.2) is 23.4 Å². The van der Waals surface area contributed by atoms with Crippen LogP contribution < -0.4 is 0 Å². The molecule has 0 aromatic carbocycles. The molecular weight excluding hydrogens is 238 g/mol. The fourth-order valence-corrected chi connectivity index (χ4v) is 4.00. The molecular formula is C16H28NO2-. The molecule has 4 atom stereocenters. The van der Waals surface area contributed by atoms with Crippen LogP contribution in [0.15, 0.2) is 11.6 Å². The van der Waals surface area contributed by atoms with Gasteiger partial charge in [-0.3, -0.25) is 5.26 Å². The molecule has 3 nitrogen and oxygen atoms in total. The zero-order valence-corrected chi connectivity index (χ0v) is 12.9. The van der Waals surface area contributed by atoms with Crippen LogP contribution in [0.25, 0.3) is 5.32 Å². The van der Waals surface area contributed by atoms with E-state index in [0.29, 0.717) is 17.8 Å². The maximum atomic E-state index is 9.18. The van der Waals surface area contributed by atoms with Gasteiger partial charge in [-0.25, -0.2) is 4.89 Å². The highest BCUT2D eigenvalue weighted by Crippen LogP contribution is 2.52. The van der Waals surface area contributed by atoms with E-state index in [4.69, 9.17) is 4.89 Å². The third-order valence-electron chi connectivity index (χ3n) is 5.47. The Morgan fingerprint density at radius 1 is 1.32 bits per heavy atom. The zero-order valence-electron chi connectivity index (χ0n) is 12.9. The van der Waals surface area contributed by atoms with E-state index in [2.05, 4.69) is 32.2 Å². The Morgan fingerprint density at radius 3 is 2.53 bits per heavy atom. The monoisotopic (exact) mass is 266 g/mol. The molecule has 0 spiro atoms. The Morgan fingerprint density at radius 2 is 2.00 bits per heavy atom. The standard InChI is InChI=1S/C16H28NO2/c1-11(2)12-6-9-16(4,17-5)14-7-8-15(3,19-18)10-13(12)14/h10-12,14,18H,6-9H2,1-5H3/q-1/t12-,14+,15-,16-/m1/s1. The van der Waals surface area contributed by atoms with Crippen molar-refractivity contribution in [1.29, 1.82) is 0 Å². The average molecular weight is 266 g/mol. The van der Waals surface area contributed by atoms with Crippen molar-refractivity contribution in [3.05, 3.63) is 17.0 Å². The molecule has 2 rings (SSSR count). The molecule has 0 bridgehead atoms. The van der Waals surface area contributed by atoms with Gasteiger partial charge in [-0.15, -0.1) is 5.54 Å². The van der Waals surface area contributed by atoms with Gasteiger partial charge in [0.2, 0.25) is 0 Å². The number of hydrogen-bond donors (Lipinski definition) is 1. The van der Waals surface area contributed by atoms with E-state index < -0.39 is 5.60 Å². The molecule has 3 heteroatoms. The van der Waals surface area contributed by atoms with Gasteiger partial charge in [0.05, 0.1) is 0 Å². The van der Waals surface area contributed by atoms with Gasteiger partial charge in [-0.05, 0) is 43.9 Å². The Kier molecular flexibility index (Phi) is 4.10. The summed E-state index contributed by atoms with van der Waals surface area (Å²) in [5.74, 6) is 1.76. The summed E-state index contributed by atoms with van der Waals surface area (Å²) in [6, 6.07) is 0. The third-order valence-corrected chi connectivity index (χ3v) is 5.47. The minimum Gasteiger partial charge on any atom is -0.659 e. The van der Waals surface area contributed by atoms with E-state index >= 15 is 0 Å². The molecule has 1 fully saturated rings. The van der Waals surface area contributed by atoms with Gasteiger partial charge in [0.25, 0.3) is 0 Å². The highest BCUT2D eigenvalue weighted by Gasteiger charge is 2.43. The van der Waals surface area contributed by atoms with Crippen molar-refractivity contribution < 1.29 is 10.1 Å². The second-order valence-corrected chi connectivity index (χ2v) is 7.11. The van der Waals surface area contributed by atoms with Crippen LogP contribution in [0.2, 0.25) is 0 Å². The first kappa shape index (κ1) is 15.0. The fourth-order valence-electron chi connectivity index (χ4n) is 4.00. The molecule has 0 amide bonds. The zero-order chi connectivity index (χ0) is 14.3. The Labute approximate surface area is 117 Å². The van der Waals surface area contributed by atoms with Gasteiger partial charge in [-0.2, -0.15) is 7.05 Å². The molecule has 1 saturated carbocycles. The van der Waals surface area contributed by atoms with E-state index in [1.54, 1.807) is 0 Å².